The lowest BCUT2D eigenvalue weighted by molar-refractivity contribution is -0.136. The fourth-order valence-electron chi connectivity index (χ4n) is 2.91. The molecule has 0 aliphatic rings. The summed E-state index contributed by atoms with van der Waals surface area (Å²) in [7, 11) is 1.85. The average Bonchev–Trinajstić information content (AvgIpc) is 2.93. The molecule has 3 atom stereocenters. The molecule has 0 bridgehead atoms. The summed E-state index contributed by atoms with van der Waals surface area (Å²) in [5, 5.41) is 39.3. The van der Waals surface area contributed by atoms with Gasteiger partial charge in [-0.1, -0.05) is 44.4 Å². The van der Waals surface area contributed by atoms with Gasteiger partial charge >= 0.3 is 5.97 Å². The highest BCUT2D eigenvalue weighted by Crippen LogP contribution is 2.25. The van der Waals surface area contributed by atoms with E-state index in [1.807, 2.05) is 18.5 Å². The van der Waals surface area contributed by atoms with Crippen LogP contribution in [0.15, 0.2) is 18.2 Å². The summed E-state index contributed by atoms with van der Waals surface area (Å²) in [4.78, 5) is 14.9. The number of aliphatic hydroxyl groups excluding tert-OH is 3. The second kappa shape index (κ2) is 12.5. The largest absolute Gasteiger partial charge is 0.481 e. The van der Waals surface area contributed by atoms with Crippen LogP contribution in [0, 0.1) is 6.92 Å². The number of carbonyl (C=O) groups is 1. The fourth-order valence-corrected chi connectivity index (χ4v) is 2.91. The fraction of sp³-hybridized carbons (Fsp3) is 0.619. The molecule has 2 unspecified atom stereocenters. The summed E-state index contributed by atoms with van der Waals surface area (Å²) in [6.45, 7) is 3.97. The van der Waals surface area contributed by atoms with Crippen LogP contribution in [-0.4, -0.2) is 48.2 Å². The number of aromatic nitrogens is 2. The van der Waals surface area contributed by atoms with E-state index in [1.165, 1.54) is 6.08 Å². The molecule has 0 spiro atoms. The van der Waals surface area contributed by atoms with Crippen molar-refractivity contribution in [1.82, 2.24) is 9.55 Å². The van der Waals surface area contributed by atoms with Crippen LogP contribution in [0.2, 0.25) is 0 Å². The Hall–Kier alpha value is -1.96. The van der Waals surface area contributed by atoms with Gasteiger partial charge < -0.3 is 25.0 Å². The van der Waals surface area contributed by atoms with Crippen molar-refractivity contribution in [1.29, 1.82) is 0 Å². The number of hydrogen-bond donors (Lipinski definition) is 4. The van der Waals surface area contributed by atoms with Crippen molar-refractivity contribution in [3.63, 3.8) is 0 Å². The third-order valence-corrected chi connectivity index (χ3v) is 4.70. The lowest BCUT2D eigenvalue weighted by Crippen LogP contribution is -2.22. The normalized spacial score (nSPS) is 15.4. The van der Waals surface area contributed by atoms with Crippen LogP contribution in [0.25, 0.3) is 6.08 Å². The second-order valence-electron chi connectivity index (χ2n) is 7.06. The van der Waals surface area contributed by atoms with Crippen molar-refractivity contribution >= 4 is 12.0 Å². The number of nitrogens with zero attached hydrogens (tertiary/aromatic N) is 2. The van der Waals surface area contributed by atoms with Gasteiger partial charge in [0.05, 0.1) is 29.7 Å². The first-order chi connectivity index (χ1) is 13.3. The molecule has 0 fully saturated rings. The molecule has 1 heterocycles. The van der Waals surface area contributed by atoms with Gasteiger partial charge in [-0.25, -0.2) is 4.98 Å². The second-order valence-corrected chi connectivity index (χ2v) is 7.06. The van der Waals surface area contributed by atoms with E-state index in [0.717, 1.165) is 25.1 Å². The molecule has 7 heteroatoms. The molecule has 0 amide bonds. The summed E-state index contributed by atoms with van der Waals surface area (Å²) in [5.41, 5.74) is 1.30. The Labute approximate surface area is 167 Å². The highest BCUT2D eigenvalue weighted by atomic mass is 16.4. The van der Waals surface area contributed by atoms with Gasteiger partial charge in [0.25, 0.3) is 0 Å². The van der Waals surface area contributed by atoms with Crippen LogP contribution in [-0.2, 0) is 11.8 Å². The molecule has 7 nitrogen and oxygen atoms in total. The molecule has 1 aromatic rings. The number of imidazole rings is 1. The highest BCUT2D eigenvalue weighted by molar-refractivity contribution is 5.66. The van der Waals surface area contributed by atoms with Crippen LogP contribution in [0.4, 0.5) is 0 Å². The van der Waals surface area contributed by atoms with E-state index < -0.39 is 24.3 Å². The van der Waals surface area contributed by atoms with E-state index >= 15 is 0 Å². The third-order valence-electron chi connectivity index (χ3n) is 4.70. The molecule has 0 aliphatic carbocycles. The minimum atomic E-state index is -1.09. The van der Waals surface area contributed by atoms with E-state index in [-0.39, 0.29) is 12.8 Å². The van der Waals surface area contributed by atoms with Gasteiger partial charge in [0.1, 0.15) is 5.82 Å². The number of aliphatic carboxylic acids is 1. The van der Waals surface area contributed by atoms with Crippen LogP contribution >= 0.6 is 0 Å². The molecular weight excluding hydrogens is 360 g/mol. The molecule has 28 heavy (non-hydrogen) atoms. The number of carboxylic acids is 1. The maximum absolute atomic E-state index is 10.5. The molecule has 0 radical (unpaired) electrons. The van der Waals surface area contributed by atoms with E-state index in [1.54, 1.807) is 18.2 Å². The smallest absolute Gasteiger partial charge is 0.303 e. The zero-order valence-corrected chi connectivity index (χ0v) is 17.1. The predicted molar refractivity (Wildman–Crippen MR) is 109 cm³/mol. The zero-order chi connectivity index (χ0) is 21.1. The SMILES string of the molecule is CCCCCC(O)c1c(/C=C/[C@@H](O)C(O)CC=CCCC(=O)O)nc(C)n1C. The van der Waals surface area contributed by atoms with Gasteiger partial charge in [0.15, 0.2) is 0 Å². The third kappa shape index (κ3) is 7.96. The molecule has 0 saturated carbocycles. The number of aryl methyl sites for hydroxylation is 1. The Balaban J connectivity index is 2.71. The van der Waals surface area contributed by atoms with Crippen molar-refractivity contribution < 1.29 is 25.2 Å². The summed E-state index contributed by atoms with van der Waals surface area (Å²) in [5.74, 6) is -0.105. The van der Waals surface area contributed by atoms with Gasteiger partial charge in [0, 0.05) is 13.5 Å². The molecule has 4 N–H and O–H groups in total. The summed E-state index contributed by atoms with van der Waals surface area (Å²) < 4.78 is 1.85. The van der Waals surface area contributed by atoms with Gasteiger partial charge in [-0.05, 0) is 32.3 Å². The van der Waals surface area contributed by atoms with E-state index in [0.29, 0.717) is 24.2 Å². The van der Waals surface area contributed by atoms with Crippen LogP contribution < -0.4 is 0 Å². The minimum Gasteiger partial charge on any atom is -0.481 e. The molecule has 0 aliphatic heterocycles. The molecule has 1 rings (SSSR count). The number of carboxylic acid groups (broad SMARTS) is 1. The quantitative estimate of drug-likeness (QED) is 0.302. The zero-order valence-electron chi connectivity index (χ0n) is 17.1. The Bertz CT molecular complexity index is 666. The monoisotopic (exact) mass is 394 g/mol. The van der Waals surface area contributed by atoms with Crippen molar-refractivity contribution in [2.75, 3.05) is 0 Å². The first kappa shape index (κ1) is 24.1. The number of unbranched alkanes of at least 4 members (excludes halogenated alkanes) is 2. The average molecular weight is 395 g/mol. The van der Waals surface area contributed by atoms with Crippen molar-refractivity contribution in [3.8, 4) is 0 Å². The molecule has 0 saturated heterocycles. The van der Waals surface area contributed by atoms with Crippen molar-refractivity contribution in [2.45, 2.75) is 77.1 Å². The Morgan fingerprint density at radius 1 is 1.21 bits per heavy atom. The first-order valence-corrected chi connectivity index (χ1v) is 9.90. The number of rotatable bonds is 13. The Morgan fingerprint density at radius 2 is 1.93 bits per heavy atom. The van der Waals surface area contributed by atoms with E-state index in [9.17, 15) is 20.1 Å². The Kier molecular flexibility index (Phi) is 10.7. The maximum Gasteiger partial charge on any atom is 0.303 e. The van der Waals surface area contributed by atoms with Crippen LogP contribution in [0.5, 0.6) is 0 Å². The van der Waals surface area contributed by atoms with E-state index in [2.05, 4.69) is 11.9 Å². The molecule has 1 aromatic heterocycles. The Morgan fingerprint density at radius 3 is 2.57 bits per heavy atom. The first-order valence-electron chi connectivity index (χ1n) is 9.90. The summed E-state index contributed by atoms with van der Waals surface area (Å²) in [6.07, 6.45) is 8.11. The van der Waals surface area contributed by atoms with Crippen molar-refractivity contribution in [3.05, 3.63) is 35.4 Å². The molecule has 0 aromatic carbocycles. The summed E-state index contributed by atoms with van der Waals surface area (Å²) >= 11 is 0. The van der Waals surface area contributed by atoms with Crippen molar-refractivity contribution in [2.24, 2.45) is 7.05 Å². The number of allylic oxidation sites excluding steroid dienone is 1. The maximum atomic E-state index is 10.5. The summed E-state index contributed by atoms with van der Waals surface area (Å²) in [6, 6.07) is 0. The lowest BCUT2D eigenvalue weighted by atomic mass is 10.0. The lowest BCUT2D eigenvalue weighted by Gasteiger charge is -2.14. The van der Waals surface area contributed by atoms with Crippen LogP contribution in [0.1, 0.15) is 75.2 Å². The number of aliphatic hydroxyl groups is 3. The predicted octanol–water partition coefficient (Wildman–Crippen LogP) is 2.89. The van der Waals surface area contributed by atoms with E-state index in [4.69, 9.17) is 5.11 Å². The minimum absolute atomic E-state index is 0.0391. The standard InChI is InChI=1S/C21H34N2O5/c1-4-5-7-11-19(26)21-16(22-15(2)23(21)3)13-14-18(25)17(24)10-8-6-9-12-20(27)28/h6,8,13-14,17-19,24-26H,4-5,7,9-12H2,1-3H3,(H,27,28)/b8-6?,14-13+/t17?,18-,19?/m1/s1. The molecule has 158 valence electrons. The van der Waals surface area contributed by atoms with Crippen LogP contribution in [0.3, 0.4) is 0 Å². The topological polar surface area (TPSA) is 116 Å². The van der Waals surface area contributed by atoms with Gasteiger partial charge in [-0.3, -0.25) is 4.79 Å². The van der Waals surface area contributed by atoms with Gasteiger partial charge in [0.2, 0.25) is 0 Å². The number of hydrogen-bond acceptors (Lipinski definition) is 5. The van der Waals surface area contributed by atoms with Gasteiger partial charge in [-0.15, -0.1) is 0 Å². The molecular formula is C21H34N2O5. The van der Waals surface area contributed by atoms with Gasteiger partial charge in [-0.2, -0.15) is 0 Å². The highest BCUT2D eigenvalue weighted by Gasteiger charge is 2.19.